The predicted molar refractivity (Wildman–Crippen MR) is 69.5 cm³/mol. The van der Waals surface area contributed by atoms with Crippen molar-refractivity contribution in [1.29, 1.82) is 0 Å². The van der Waals surface area contributed by atoms with E-state index in [0.717, 1.165) is 13.1 Å². The molecule has 0 amide bonds. The quantitative estimate of drug-likeness (QED) is 0.849. The molecule has 1 aliphatic rings. The van der Waals surface area contributed by atoms with Crippen molar-refractivity contribution in [3.63, 3.8) is 0 Å². The molecule has 2 atom stereocenters. The van der Waals surface area contributed by atoms with Gasteiger partial charge < -0.3 is 11.1 Å². The Morgan fingerprint density at radius 3 is 3.07 bits per heavy atom. The number of rotatable bonds is 4. The van der Waals surface area contributed by atoms with Gasteiger partial charge in [-0.15, -0.1) is 11.3 Å². The summed E-state index contributed by atoms with van der Waals surface area (Å²) in [6.07, 6.45) is 1.20. The molecule has 1 aromatic heterocycles. The maximum absolute atomic E-state index is 5.93. The highest BCUT2D eigenvalue weighted by Crippen LogP contribution is 2.35. The van der Waals surface area contributed by atoms with Crippen LogP contribution in [0.25, 0.3) is 0 Å². The predicted octanol–water partition coefficient (Wildman–Crippen LogP) is 2.06. The van der Waals surface area contributed by atoms with E-state index in [9.17, 15) is 0 Å². The fourth-order valence-corrected chi connectivity index (χ4v) is 4.13. The van der Waals surface area contributed by atoms with Crippen molar-refractivity contribution in [3.05, 3.63) is 22.4 Å². The second-order valence-electron chi connectivity index (χ2n) is 4.06. The first-order valence-electron chi connectivity index (χ1n) is 5.36. The number of nitrogens with one attached hydrogen (secondary N) is 1. The minimum Gasteiger partial charge on any atom is -0.329 e. The van der Waals surface area contributed by atoms with Gasteiger partial charge in [-0.25, -0.2) is 0 Å². The third kappa shape index (κ3) is 2.38. The van der Waals surface area contributed by atoms with Gasteiger partial charge in [0.15, 0.2) is 0 Å². The molecule has 0 saturated carbocycles. The average Bonchev–Trinajstić information content (AvgIpc) is 2.85. The number of thiophene rings is 1. The summed E-state index contributed by atoms with van der Waals surface area (Å²) < 4.78 is 0. The van der Waals surface area contributed by atoms with Gasteiger partial charge in [0.05, 0.1) is 0 Å². The Kier molecular flexibility index (Phi) is 3.72. The van der Waals surface area contributed by atoms with Crippen LogP contribution in [0.4, 0.5) is 0 Å². The lowest BCUT2D eigenvalue weighted by Crippen LogP contribution is -2.54. The molecule has 2 rings (SSSR count). The van der Waals surface area contributed by atoms with Crippen LogP contribution in [0.3, 0.4) is 0 Å². The van der Waals surface area contributed by atoms with E-state index in [-0.39, 0.29) is 5.54 Å². The highest BCUT2D eigenvalue weighted by molar-refractivity contribution is 8.00. The summed E-state index contributed by atoms with van der Waals surface area (Å²) in [7, 11) is 0. The molecule has 2 unspecified atom stereocenters. The lowest BCUT2D eigenvalue weighted by molar-refractivity contribution is 0.333. The van der Waals surface area contributed by atoms with E-state index >= 15 is 0 Å². The van der Waals surface area contributed by atoms with Crippen LogP contribution in [0.2, 0.25) is 0 Å². The molecule has 2 heterocycles. The summed E-state index contributed by atoms with van der Waals surface area (Å²) in [6.45, 7) is 3.98. The van der Waals surface area contributed by atoms with Crippen LogP contribution >= 0.6 is 23.1 Å². The summed E-state index contributed by atoms with van der Waals surface area (Å²) in [4.78, 5) is 1.40. The summed E-state index contributed by atoms with van der Waals surface area (Å²) >= 11 is 3.83. The van der Waals surface area contributed by atoms with Crippen LogP contribution in [0.1, 0.15) is 18.2 Å². The Morgan fingerprint density at radius 1 is 1.67 bits per heavy atom. The fourth-order valence-electron chi connectivity index (χ4n) is 2.03. The molecule has 84 valence electrons. The summed E-state index contributed by atoms with van der Waals surface area (Å²) in [5, 5.41) is 6.41. The number of nitrogens with two attached hydrogens (primary N) is 1. The molecule has 1 saturated heterocycles. The Bertz CT molecular complexity index is 300. The monoisotopic (exact) mass is 242 g/mol. The SMILES string of the molecule is CC1SCCC1(CN)NCc1cccs1. The molecule has 0 bridgehead atoms. The number of thioether (sulfide) groups is 1. The highest BCUT2D eigenvalue weighted by Gasteiger charge is 2.39. The second kappa shape index (κ2) is 4.87. The van der Waals surface area contributed by atoms with Gasteiger partial charge >= 0.3 is 0 Å². The Morgan fingerprint density at radius 2 is 2.53 bits per heavy atom. The first-order chi connectivity index (χ1) is 7.27. The first-order valence-corrected chi connectivity index (χ1v) is 7.29. The molecule has 4 heteroatoms. The van der Waals surface area contributed by atoms with Crippen molar-refractivity contribution in [1.82, 2.24) is 5.32 Å². The fraction of sp³-hybridized carbons (Fsp3) is 0.636. The van der Waals surface area contributed by atoms with E-state index in [1.807, 2.05) is 11.8 Å². The zero-order chi connectivity index (χ0) is 10.7. The van der Waals surface area contributed by atoms with Gasteiger partial charge in [-0.1, -0.05) is 13.0 Å². The van der Waals surface area contributed by atoms with Crippen LogP contribution in [0.5, 0.6) is 0 Å². The first kappa shape index (κ1) is 11.5. The zero-order valence-corrected chi connectivity index (χ0v) is 10.7. The van der Waals surface area contributed by atoms with Gasteiger partial charge in [0.1, 0.15) is 0 Å². The topological polar surface area (TPSA) is 38.0 Å². The molecule has 0 aliphatic carbocycles. The summed E-state index contributed by atoms with van der Waals surface area (Å²) in [5.41, 5.74) is 6.09. The van der Waals surface area contributed by atoms with Crippen LogP contribution < -0.4 is 11.1 Å². The Labute approximate surface area is 99.6 Å². The largest absolute Gasteiger partial charge is 0.329 e. The van der Waals surface area contributed by atoms with E-state index in [1.165, 1.54) is 17.1 Å². The molecule has 1 aliphatic heterocycles. The average molecular weight is 242 g/mol. The molecule has 0 radical (unpaired) electrons. The number of hydrogen-bond donors (Lipinski definition) is 2. The molecular weight excluding hydrogens is 224 g/mol. The molecular formula is C11H18N2S2. The van der Waals surface area contributed by atoms with Crippen LogP contribution in [-0.4, -0.2) is 23.1 Å². The minimum atomic E-state index is 0.161. The molecule has 0 aromatic carbocycles. The van der Waals surface area contributed by atoms with Gasteiger partial charge in [-0.3, -0.25) is 0 Å². The third-order valence-corrected chi connectivity index (χ3v) is 5.52. The smallest absolute Gasteiger partial charge is 0.0432 e. The molecule has 0 spiro atoms. The lowest BCUT2D eigenvalue weighted by atomic mass is 9.93. The minimum absolute atomic E-state index is 0.161. The zero-order valence-electron chi connectivity index (χ0n) is 9.03. The summed E-state index contributed by atoms with van der Waals surface area (Å²) in [6, 6.07) is 4.28. The van der Waals surface area contributed by atoms with Crippen molar-refractivity contribution in [2.45, 2.75) is 30.7 Å². The van der Waals surface area contributed by atoms with Crippen molar-refractivity contribution in [2.75, 3.05) is 12.3 Å². The van der Waals surface area contributed by atoms with Crippen LogP contribution in [-0.2, 0) is 6.54 Å². The van der Waals surface area contributed by atoms with Gasteiger partial charge in [0.25, 0.3) is 0 Å². The van der Waals surface area contributed by atoms with Crippen molar-refractivity contribution < 1.29 is 0 Å². The van der Waals surface area contributed by atoms with Gasteiger partial charge in [-0.2, -0.15) is 11.8 Å². The van der Waals surface area contributed by atoms with E-state index < -0.39 is 0 Å². The Hall–Kier alpha value is -0.0300. The normalized spacial score (nSPS) is 30.9. The van der Waals surface area contributed by atoms with Gasteiger partial charge in [0, 0.05) is 28.8 Å². The van der Waals surface area contributed by atoms with E-state index in [4.69, 9.17) is 5.73 Å². The lowest BCUT2D eigenvalue weighted by Gasteiger charge is -2.32. The molecule has 2 nitrogen and oxygen atoms in total. The van der Waals surface area contributed by atoms with Crippen LogP contribution in [0, 0.1) is 0 Å². The van der Waals surface area contributed by atoms with E-state index in [1.54, 1.807) is 11.3 Å². The Balaban J connectivity index is 1.96. The maximum atomic E-state index is 5.93. The van der Waals surface area contributed by atoms with Crippen LogP contribution in [0.15, 0.2) is 17.5 Å². The van der Waals surface area contributed by atoms with E-state index in [0.29, 0.717) is 5.25 Å². The maximum Gasteiger partial charge on any atom is 0.0432 e. The standard InChI is InChI=1S/C11H18N2S2/c1-9-11(8-12,4-6-14-9)13-7-10-3-2-5-15-10/h2-3,5,9,13H,4,6-8,12H2,1H3. The molecule has 3 N–H and O–H groups in total. The summed E-state index contributed by atoms with van der Waals surface area (Å²) in [5.74, 6) is 1.23. The molecule has 1 aromatic rings. The third-order valence-electron chi connectivity index (χ3n) is 3.25. The number of hydrogen-bond acceptors (Lipinski definition) is 4. The second-order valence-corrected chi connectivity index (χ2v) is 6.54. The van der Waals surface area contributed by atoms with Crippen molar-refractivity contribution in [3.8, 4) is 0 Å². The van der Waals surface area contributed by atoms with Gasteiger partial charge in [-0.05, 0) is 23.6 Å². The molecule has 1 fully saturated rings. The highest BCUT2D eigenvalue weighted by atomic mass is 32.2. The van der Waals surface area contributed by atoms with Crippen molar-refractivity contribution in [2.24, 2.45) is 5.73 Å². The molecule has 15 heavy (non-hydrogen) atoms. The van der Waals surface area contributed by atoms with Crippen molar-refractivity contribution >= 4 is 23.1 Å². The van der Waals surface area contributed by atoms with Gasteiger partial charge in [0.2, 0.25) is 0 Å². The van der Waals surface area contributed by atoms with E-state index in [2.05, 4.69) is 29.8 Å².